The zero-order valence-corrected chi connectivity index (χ0v) is 13.9. The van der Waals surface area contributed by atoms with Crippen LogP contribution in [-0.2, 0) is 14.3 Å². The molecule has 2 aliphatic rings. The van der Waals surface area contributed by atoms with Crippen molar-refractivity contribution in [3.8, 4) is 0 Å². The van der Waals surface area contributed by atoms with Crippen LogP contribution in [0.15, 0.2) is 12.7 Å². The fourth-order valence-electron chi connectivity index (χ4n) is 3.30. The van der Waals surface area contributed by atoms with Crippen LogP contribution in [0.3, 0.4) is 0 Å². The van der Waals surface area contributed by atoms with E-state index in [0.717, 1.165) is 19.4 Å². The fourth-order valence-corrected chi connectivity index (χ4v) is 3.30. The molecule has 2 aromatic heterocycles. The normalized spacial score (nSPS) is 31.5. The quantitative estimate of drug-likeness (QED) is 0.462. The third-order valence-electron chi connectivity index (χ3n) is 4.73. The van der Waals surface area contributed by atoms with Gasteiger partial charge in [-0.2, -0.15) is 0 Å². The van der Waals surface area contributed by atoms with Gasteiger partial charge in [0.2, 0.25) is 0 Å². The molecule has 2 fully saturated rings. The summed E-state index contributed by atoms with van der Waals surface area (Å²) in [5.74, 6) is -0.179. The van der Waals surface area contributed by atoms with Gasteiger partial charge in [0, 0.05) is 0 Å². The molecule has 4 heterocycles. The Morgan fingerprint density at radius 1 is 1.38 bits per heavy atom. The summed E-state index contributed by atoms with van der Waals surface area (Å²) in [6.07, 6.45) is 0.0731. The summed E-state index contributed by atoms with van der Waals surface area (Å²) in [6, 6.07) is -0.327. The first-order valence-corrected chi connectivity index (χ1v) is 8.41. The first-order chi connectivity index (χ1) is 12.6. The number of nitrogen functional groups attached to an aromatic ring is 1. The van der Waals surface area contributed by atoms with Gasteiger partial charge in [0.25, 0.3) is 0 Å². The summed E-state index contributed by atoms with van der Waals surface area (Å²) in [6.45, 7) is 0.622. The van der Waals surface area contributed by atoms with Crippen molar-refractivity contribution >= 4 is 23.0 Å². The highest BCUT2D eigenvalue weighted by Gasteiger charge is 2.45. The molecule has 2 aromatic rings. The van der Waals surface area contributed by atoms with Crippen molar-refractivity contribution < 1.29 is 24.5 Å². The van der Waals surface area contributed by atoms with E-state index in [2.05, 4.69) is 20.3 Å². The number of imidazole rings is 1. The number of hydrogen-bond acceptors (Lipinski definition) is 10. The van der Waals surface area contributed by atoms with Crippen LogP contribution < -0.4 is 11.1 Å². The zero-order valence-electron chi connectivity index (χ0n) is 13.9. The van der Waals surface area contributed by atoms with Crippen LogP contribution in [-0.4, -0.2) is 73.2 Å². The maximum absolute atomic E-state index is 12.0. The molecule has 5 N–H and O–H groups in total. The van der Waals surface area contributed by atoms with Gasteiger partial charge in [0.15, 0.2) is 17.7 Å². The maximum atomic E-state index is 12.0. The zero-order chi connectivity index (χ0) is 18.3. The number of hydrogen-bond donors (Lipinski definition) is 4. The standard InChI is InChI=1S/C15H20N6O5/c16-12-9-13(19-5-18-12)21(6-20-9)14-11(23)10(22)8(26-14)4-25-15(24)7-2-1-3-17-7/h5-8,10-11,14,17,22-23H,1-4H2,(H2,16,18,19)/t7-,8+,10+,11+,14+/m0/s1. The second kappa shape index (κ2) is 6.76. The third kappa shape index (κ3) is 2.88. The minimum atomic E-state index is -1.24. The summed E-state index contributed by atoms with van der Waals surface area (Å²) < 4.78 is 12.4. The minimum absolute atomic E-state index is 0.157. The number of fused-ring (bicyclic) bond motifs is 1. The Labute approximate surface area is 148 Å². The van der Waals surface area contributed by atoms with Gasteiger partial charge in [-0.1, -0.05) is 0 Å². The summed E-state index contributed by atoms with van der Waals surface area (Å²) in [7, 11) is 0. The first kappa shape index (κ1) is 17.1. The highest BCUT2D eigenvalue weighted by Crippen LogP contribution is 2.32. The molecule has 0 radical (unpaired) electrons. The Morgan fingerprint density at radius 3 is 3.00 bits per heavy atom. The number of ether oxygens (including phenoxy) is 2. The molecular formula is C15H20N6O5. The molecule has 2 saturated heterocycles. The van der Waals surface area contributed by atoms with Crippen molar-refractivity contribution in [1.82, 2.24) is 24.8 Å². The van der Waals surface area contributed by atoms with Crippen LogP contribution in [0.1, 0.15) is 19.1 Å². The molecule has 0 spiro atoms. The number of aliphatic hydroxyl groups excluding tert-OH is 2. The van der Waals surface area contributed by atoms with Crippen molar-refractivity contribution in [2.45, 2.75) is 43.4 Å². The van der Waals surface area contributed by atoms with E-state index in [9.17, 15) is 15.0 Å². The van der Waals surface area contributed by atoms with Gasteiger partial charge < -0.3 is 30.7 Å². The van der Waals surface area contributed by atoms with E-state index in [0.29, 0.717) is 11.2 Å². The lowest BCUT2D eigenvalue weighted by atomic mass is 10.1. The summed E-state index contributed by atoms with van der Waals surface area (Å²) in [4.78, 5) is 24.1. The van der Waals surface area contributed by atoms with E-state index >= 15 is 0 Å². The molecule has 0 aliphatic carbocycles. The van der Waals surface area contributed by atoms with E-state index in [1.807, 2.05) is 0 Å². The lowest BCUT2D eigenvalue weighted by molar-refractivity contribution is -0.152. The van der Waals surface area contributed by atoms with E-state index in [1.165, 1.54) is 17.2 Å². The Morgan fingerprint density at radius 2 is 2.23 bits per heavy atom. The predicted octanol–water partition coefficient (Wildman–Crippen LogP) is -1.68. The van der Waals surface area contributed by atoms with Gasteiger partial charge >= 0.3 is 5.97 Å². The minimum Gasteiger partial charge on any atom is -0.462 e. The van der Waals surface area contributed by atoms with Gasteiger partial charge in [-0.05, 0) is 19.4 Å². The molecule has 140 valence electrons. The van der Waals surface area contributed by atoms with Crippen LogP contribution in [0.25, 0.3) is 11.2 Å². The smallest absolute Gasteiger partial charge is 0.323 e. The van der Waals surface area contributed by atoms with Crippen LogP contribution in [0, 0.1) is 0 Å². The van der Waals surface area contributed by atoms with Gasteiger partial charge in [-0.15, -0.1) is 0 Å². The molecule has 0 amide bonds. The van der Waals surface area contributed by atoms with Crippen LogP contribution in [0.5, 0.6) is 0 Å². The highest BCUT2D eigenvalue weighted by atomic mass is 16.6. The Hall–Kier alpha value is -2.34. The van der Waals surface area contributed by atoms with Gasteiger partial charge in [0.1, 0.15) is 42.8 Å². The number of rotatable bonds is 4. The molecule has 2 aliphatic heterocycles. The number of nitrogens with two attached hydrogens (primary N) is 1. The molecule has 0 unspecified atom stereocenters. The fraction of sp³-hybridized carbons (Fsp3) is 0.600. The number of aliphatic hydroxyl groups is 2. The molecular weight excluding hydrogens is 344 g/mol. The molecule has 26 heavy (non-hydrogen) atoms. The second-order valence-electron chi connectivity index (χ2n) is 6.41. The number of nitrogens with one attached hydrogen (secondary N) is 1. The molecule has 11 nitrogen and oxygen atoms in total. The SMILES string of the molecule is Nc1ncnc2c1ncn2[C@@H]1O[C@H](COC(=O)[C@@H]2CCCN2)[C@@H](O)[C@H]1O. The second-order valence-corrected chi connectivity index (χ2v) is 6.41. The Bertz CT molecular complexity index is 807. The van der Waals surface area contributed by atoms with Crippen molar-refractivity contribution in [2.24, 2.45) is 0 Å². The number of esters is 1. The van der Waals surface area contributed by atoms with Crippen molar-refractivity contribution in [3.05, 3.63) is 12.7 Å². The largest absolute Gasteiger partial charge is 0.462 e. The Balaban J connectivity index is 1.47. The lowest BCUT2D eigenvalue weighted by Crippen LogP contribution is -2.37. The van der Waals surface area contributed by atoms with E-state index in [-0.39, 0.29) is 24.4 Å². The van der Waals surface area contributed by atoms with Crippen molar-refractivity contribution in [2.75, 3.05) is 18.9 Å². The molecule has 0 aromatic carbocycles. The average Bonchev–Trinajstić information content (AvgIpc) is 3.35. The summed E-state index contributed by atoms with van der Waals surface area (Å²) in [5, 5.41) is 23.7. The molecule has 4 rings (SSSR count). The van der Waals surface area contributed by atoms with E-state index in [1.54, 1.807) is 0 Å². The topological polar surface area (TPSA) is 158 Å². The number of aromatic nitrogens is 4. The average molecular weight is 364 g/mol. The van der Waals surface area contributed by atoms with Crippen molar-refractivity contribution in [3.63, 3.8) is 0 Å². The van der Waals surface area contributed by atoms with Crippen molar-refractivity contribution in [1.29, 1.82) is 0 Å². The highest BCUT2D eigenvalue weighted by molar-refractivity contribution is 5.81. The number of anilines is 1. The monoisotopic (exact) mass is 364 g/mol. The van der Waals surface area contributed by atoms with Crippen LogP contribution in [0.4, 0.5) is 5.82 Å². The van der Waals surface area contributed by atoms with Gasteiger partial charge in [-0.3, -0.25) is 9.36 Å². The molecule has 0 bridgehead atoms. The van der Waals surface area contributed by atoms with E-state index < -0.39 is 24.5 Å². The predicted molar refractivity (Wildman–Crippen MR) is 87.6 cm³/mol. The molecule has 5 atom stereocenters. The van der Waals surface area contributed by atoms with Crippen LogP contribution >= 0.6 is 0 Å². The summed E-state index contributed by atoms with van der Waals surface area (Å²) in [5.41, 5.74) is 6.51. The molecule has 11 heteroatoms. The Kier molecular flexibility index (Phi) is 4.44. The number of nitrogens with zero attached hydrogens (tertiary/aromatic N) is 4. The van der Waals surface area contributed by atoms with Gasteiger partial charge in [-0.25, -0.2) is 15.0 Å². The van der Waals surface area contributed by atoms with Gasteiger partial charge in [0.05, 0.1) is 6.33 Å². The summed E-state index contributed by atoms with van der Waals surface area (Å²) >= 11 is 0. The maximum Gasteiger partial charge on any atom is 0.323 e. The molecule has 0 saturated carbocycles. The third-order valence-corrected chi connectivity index (χ3v) is 4.73. The number of carbonyl (C=O) groups excluding carboxylic acids is 1. The van der Waals surface area contributed by atoms with Crippen LogP contribution in [0.2, 0.25) is 0 Å². The number of carbonyl (C=O) groups is 1. The lowest BCUT2D eigenvalue weighted by Gasteiger charge is -2.17. The van der Waals surface area contributed by atoms with E-state index in [4.69, 9.17) is 15.2 Å². The first-order valence-electron chi connectivity index (χ1n) is 8.41.